The largest absolute Gasteiger partial charge is 0.349 e. The Morgan fingerprint density at radius 1 is 1.22 bits per heavy atom. The van der Waals surface area contributed by atoms with E-state index in [1.54, 1.807) is 6.20 Å². The van der Waals surface area contributed by atoms with E-state index in [9.17, 15) is 4.79 Å². The van der Waals surface area contributed by atoms with Crippen LogP contribution in [0.2, 0.25) is 0 Å². The molecule has 92 valence electrons. The fraction of sp³-hybridized carbons (Fsp3) is 0.333. The van der Waals surface area contributed by atoms with Crippen LogP contribution in [0.15, 0.2) is 36.5 Å². The van der Waals surface area contributed by atoms with Gasteiger partial charge in [0.2, 0.25) is 0 Å². The lowest BCUT2D eigenvalue weighted by Crippen LogP contribution is -2.32. The van der Waals surface area contributed by atoms with Crippen molar-refractivity contribution in [2.45, 2.75) is 31.7 Å². The minimum Gasteiger partial charge on any atom is -0.349 e. The summed E-state index contributed by atoms with van der Waals surface area (Å²) < 4.78 is 0. The van der Waals surface area contributed by atoms with Crippen LogP contribution in [-0.4, -0.2) is 16.9 Å². The number of nitrogens with zero attached hydrogens (tertiary/aromatic N) is 1. The highest BCUT2D eigenvalue weighted by molar-refractivity contribution is 5.97. The standard InChI is InChI=1S/C15H16N2O/c18-15(17-13-5-1-2-6-13)12-8-7-11-4-3-9-16-14(11)10-12/h3-4,7-10,13H,1-2,5-6H2,(H,17,18). The van der Waals surface area contributed by atoms with Gasteiger partial charge in [-0.2, -0.15) is 0 Å². The SMILES string of the molecule is O=C(NC1CCCC1)c1ccc2cccnc2c1. The zero-order valence-electron chi connectivity index (χ0n) is 10.2. The summed E-state index contributed by atoms with van der Waals surface area (Å²) in [4.78, 5) is 16.4. The topological polar surface area (TPSA) is 42.0 Å². The van der Waals surface area contributed by atoms with Gasteiger partial charge in [-0.25, -0.2) is 0 Å². The van der Waals surface area contributed by atoms with E-state index in [0.717, 1.165) is 23.7 Å². The Bertz CT molecular complexity index is 573. The number of fused-ring (bicyclic) bond motifs is 1. The molecule has 0 spiro atoms. The van der Waals surface area contributed by atoms with Gasteiger partial charge in [0.05, 0.1) is 5.52 Å². The number of hydrogen-bond donors (Lipinski definition) is 1. The van der Waals surface area contributed by atoms with Crippen LogP contribution in [0.3, 0.4) is 0 Å². The van der Waals surface area contributed by atoms with Crippen LogP contribution in [0.4, 0.5) is 0 Å². The van der Waals surface area contributed by atoms with Crippen molar-refractivity contribution < 1.29 is 4.79 Å². The minimum absolute atomic E-state index is 0.0226. The van der Waals surface area contributed by atoms with Gasteiger partial charge in [0.15, 0.2) is 0 Å². The van der Waals surface area contributed by atoms with E-state index in [2.05, 4.69) is 10.3 Å². The quantitative estimate of drug-likeness (QED) is 0.877. The second-order valence-corrected chi connectivity index (χ2v) is 4.87. The average Bonchev–Trinajstić information content (AvgIpc) is 2.91. The Morgan fingerprint density at radius 3 is 2.89 bits per heavy atom. The van der Waals surface area contributed by atoms with E-state index < -0.39 is 0 Å². The second-order valence-electron chi connectivity index (χ2n) is 4.87. The molecule has 3 heteroatoms. The molecular formula is C15H16N2O. The summed E-state index contributed by atoms with van der Waals surface area (Å²) in [5.41, 5.74) is 1.57. The Kier molecular flexibility index (Phi) is 2.97. The first-order valence-corrected chi connectivity index (χ1v) is 6.48. The Morgan fingerprint density at radius 2 is 2.06 bits per heavy atom. The molecule has 0 aliphatic heterocycles. The van der Waals surface area contributed by atoms with Crippen LogP contribution in [0.1, 0.15) is 36.0 Å². The Hall–Kier alpha value is -1.90. The number of aromatic nitrogens is 1. The lowest BCUT2D eigenvalue weighted by atomic mass is 10.1. The summed E-state index contributed by atoms with van der Waals surface area (Å²) in [5.74, 6) is 0.0226. The van der Waals surface area contributed by atoms with Crippen molar-refractivity contribution in [2.24, 2.45) is 0 Å². The van der Waals surface area contributed by atoms with Gasteiger partial charge < -0.3 is 5.32 Å². The van der Waals surface area contributed by atoms with E-state index in [-0.39, 0.29) is 5.91 Å². The van der Waals surface area contributed by atoms with Gasteiger partial charge in [-0.05, 0) is 31.0 Å². The molecule has 1 aliphatic carbocycles. The molecule has 1 N–H and O–H groups in total. The third-order valence-electron chi connectivity index (χ3n) is 3.56. The van der Waals surface area contributed by atoms with Crippen molar-refractivity contribution in [1.29, 1.82) is 0 Å². The molecule has 0 saturated heterocycles. The van der Waals surface area contributed by atoms with Gasteiger partial charge in [-0.3, -0.25) is 9.78 Å². The van der Waals surface area contributed by atoms with Gasteiger partial charge in [0, 0.05) is 23.2 Å². The molecule has 3 nitrogen and oxygen atoms in total. The van der Waals surface area contributed by atoms with Crippen LogP contribution >= 0.6 is 0 Å². The van der Waals surface area contributed by atoms with Gasteiger partial charge in [0.25, 0.3) is 5.91 Å². The summed E-state index contributed by atoms with van der Waals surface area (Å²) in [6.07, 6.45) is 6.42. The third-order valence-corrected chi connectivity index (χ3v) is 3.56. The number of carbonyl (C=O) groups excluding carboxylic acids is 1. The van der Waals surface area contributed by atoms with Gasteiger partial charge in [-0.1, -0.05) is 25.0 Å². The van der Waals surface area contributed by atoms with E-state index in [4.69, 9.17) is 0 Å². The van der Waals surface area contributed by atoms with E-state index >= 15 is 0 Å². The Labute approximate surface area is 106 Å². The zero-order chi connectivity index (χ0) is 12.4. The first kappa shape index (κ1) is 11.2. The van der Waals surface area contributed by atoms with Crippen molar-refractivity contribution in [3.63, 3.8) is 0 Å². The maximum atomic E-state index is 12.1. The lowest BCUT2D eigenvalue weighted by molar-refractivity contribution is 0.0938. The van der Waals surface area contributed by atoms with Crippen molar-refractivity contribution in [1.82, 2.24) is 10.3 Å². The first-order valence-electron chi connectivity index (χ1n) is 6.48. The molecule has 1 amide bonds. The molecule has 18 heavy (non-hydrogen) atoms. The second kappa shape index (κ2) is 4.77. The maximum absolute atomic E-state index is 12.1. The highest BCUT2D eigenvalue weighted by Crippen LogP contribution is 2.19. The summed E-state index contributed by atoms with van der Waals surface area (Å²) in [5, 5.41) is 4.16. The highest BCUT2D eigenvalue weighted by Gasteiger charge is 2.17. The van der Waals surface area contributed by atoms with Crippen molar-refractivity contribution in [3.05, 3.63) is 42.1 Å². The van der Waals surface area contributed by atoms with Crippen molar-refractivity contribution in [3.8, 4) is 0 Å². The number of hydrogen-bond acceptors (Lipinski definition) is 2. The summed E-state index contributed by atoms with van der Waals surface area (Å²) in [6, 6.07) is 9.94. The van der Waals surface area contributed by atoms with Gasteiger partial charge >= 0.3 is 0 Å². The van der Waals surface area contributed by atoms with Crippen molar-refractivity contribution >= 4 is 16.8 Å². The number of pyridine rings is 1. The predicted octanol–water partition coefficient (Wildman–Crippen LogP) is 2.91. The molecular weight excluding hydrogens is 224 g/mol. The molecule has 0 atom stereocenters. The monoisotopic (exact) mass is 240 g/mol. The lowest BCUT2D eigenvalue weighted by Gasteiger charge is -2.12. The molecule has 0 unspecified atom stereocenters. The molecule has 0 bridgehead atoms. The molecule has 1 heterocycles. The number of nitrogens with one attached hydrogen (secondary N) is 1. The minimum atomic E-state index is 0.0226. The normalized spacial score (nSPS) is 16.0. The van der Waals surface area contributed by atoms with Crippen molar-refractivity contribution in [2.75, 3.05) is 0 Å². The van der Waals surface area contributed by atoms with Crippen LogP contribution in [0.25, 0.3) is 10.9 Å². The van der Waals surface area contributed by atoms with E-state index in [0.29, 0.717) is 11.6 Å². The number of amides is 1. The number of rotatable bonds is 2. The zero-order valence-corrected chi connectivity index (χ0v) is 10.2. The predicted molar refractivity (Wildman–Crippen MR) is 71.5 cm³/mol. The average molecular weight is 240 g/mol. The first-order chi connectivity index (χ1) is 8.83. The number of carbonyl (C=O) groups is 1. The molecule has 1 saturated carbocycles. The van der Waals surface area contributed by atoms with Crippen LogP contribution in [0.5, 0.6) is 0 Å². The maximum Gasteiger partial charge on any atom is 0.251 e. The Balaban J connectivity index is 1.82. The third kappa shape index (κ3) is 2.21. The van der Waals surface area contributed by atoms with Crippen LogP contribution in [0, 0.1) is 0 Å². The fourth-order valence-electron chi connectivity index (χ4n) is 2.55. The van der Waals surface area contributed by atoms with Gasteiger partial charge in [-0.15, -0.1) is 0 Å². The van der Waals surface area contributed by atoms with E-state index in [1.165, 1.54) is 12.8 Å². The molecule has 1 aromatic carbocycles. The summed E-state index contributed by atoms with van der Waals surface area (Å²) in [7, 11) is 0. The number of benzene rings is 1. The molecule has 2 aromatic rings. The fourth-order valence-corrected chi connectivity index (χ4v) is 2.55. The molecule has 3 rings (SSSR count). The molecule has 1 aromatic heterocycles. The summed E-state index contributed by atoms with van der Waals surface area (Å²) >= 11 is 0. The smallest absolute Gasteiger partial charge is 0.251 e. The highest BCUT2D eigenvalue weighted by atomic mass is 16.1. The van der Waals surface area contributed by atoms with Crippen LogP contribution in [-0.2, 0) is 0 Å². The van der Waals surface area contributed by atoms with E-state index in [1.807, 2.05) is 30.3 Å². The van der Waals surface area contributed by atoms with Gasteiger partial charge in [0.1, 0.15) is 0 Å². The molecule has 1 fully saturated rings. The molecule has 0 radical (unpaired) electrons. The summed E-state index contributed by atoms with van der Waals surface area (Å²) in [6.45, 7) is 0. The molecule has 1 aliphatic rings. The van der Waals surface area contributed by atoms with Crippen LogP contribution < -0.4 is 5.32 Å².